The van der Waals surface area contributed by atoms with Gasteiger partial charge in [-0.2, -0.15) is 0 Å². The SMILES string of the molecule is CC(=O)c1c(C)[nH]c(C(=O)C(C)Nc2cccc(C(=O)NC3CC3)c2)c1C. The van der Waals surface area contributed by atoms with Gasteiger partial charge in [-0.3, -0.25) is 14.4 Å². The summed E-state index contributed by atoms with van der Waals surface area (Å²) < 4.78 is 0. The van der Waals surface area contributed by atoms with E-state index in [0.717, 1.165) is 12.8 Å². The minimum atomic E-state index is -0.511. The third-order valence-corrected chi connectivity index (χ3v) is 4.85. The second-order valence-electron chi connectivity index (χ2n) is 7.24. The molecule has 3 N–H and O–H groups in total. The summed E-state index contributed by atoms with van der Waals surface area (Å²) in [5.74, 6) is -0.284. The summed E-state index contributed by atoms with van der Waals surface area (Å²) in [6.07, 6.45) is 2.07. The van der Waals surface area contributed by atoms with Crippen LogP contribution in [0, 0.1) is 13.8 Å². The molecule has 1 heterocycles. The number of ketones is 2. The monoisotopic (exact) mass is 367 g/mol. The van der Waals surface area contributed by atoms with E-state index in [2.05, 4.69) is 15.6 Å². The third kappa shape index (κ3) is 4.10. The van der Waals surface area contributed by atoms with Gasteiger partial charge in [0.15, 0.2) is 5.78 Å². The van der Waals surface area contributed by atoms with Crippen molar-refractivity contribution in [2.45, 2.75) is 52.6 Å². The van der Waals surface area contributed by atoms with Crippen LogP contribution in [0.1, 0.15) is 69.2 Å². The molecule has 1 amide bonds. The summed E-state index contributed by atoms with van der Waals surface area (Å²) in [7, 11) is 0. The van der Waals surface area contributed by atoms with Crippen molar-refractivity contribution in [3.63, 3.8) is 0 Å². The Balaban J connectivity index is 1.74. The van der Waals surface area contributed by atoms with E-state index in [9.17, 15) is 14.4 Å². The van der Waals surface area contributed by atoms with Gasteiger partial charge < -0.3 is 15.6 Å². The summed E-state index contributed by atoms with van der Waals surface area (Å²) in [6, 6.07) is 6.90. The molecule has 0 aliphatic heterocycles. The number of aryl methyl sites for hydroxylation is 1. The summed E-state index contributed by atoms with van der Waals surface area (Å²) in [4.78, 5) is 39.9. The molecule has 1 atom stereocenters. The summed E-state index contributed by atoms with van der Waals surface area (Å²) in [5, 5.41) is 6.11. The predicted molar refractivity (Wildman–Crippen MR) is 105 cm³/mol. The van der Waals surface area contributed by atoms with E-state index in [4.69, 9.17) is 0 Å². The predicted octanol–water partition coefficient (Wildman–Crippen LogP) is 3.41. The molecule has 0 radical (unpaired) electrons. The average Bonchev–Trinajstić information content (AvgIpc) is 3.37. The number of H-pyrrole nitrogens is 1. The lowest BCUT2D eigenvalue weighted by atomic mass is 10.0. The van der Waals surface area contributed by atoms with Crippen LogP contribution in [-0.4, -0.2) is 34.5 Å². The number of carbonyl (C=O) groups excluding carboxylic acids is 3. The Labute approximate surface area is 158 Å². The van der Waals surface area contributed by atoms with Crippen LogP contribution in [0.3, 0.4) is 0 Å². The molecule has 6 nitrogen and oxygen atoms in total. The molecule has 1 fully saturated rings. The Morgan fingerprint density at radius 1 is 1.19 bits per heavy atom. The van der Waals surface area contributed by atoms with E-state index >= 15 is 0 Å². The molecule has 2 aromatic rings. The molecule has 1 aromatic carbocycles. The van der Waals surface area contributed by atoms with Crippen molar-refractivity contribution in [3.8, 4) is 0 Å². The lowest BCUT2D eigenvalue weighted by Crippen LogP contribution is -2.28. The van der Waals surface area contributed by atoms with Crippen LogP contribution < -0.4 is 10.6 Å². The number of aromatic amines is 1. The molecule has 1 aliphatic carbocycles. The Morgan fingerprint density at radius 3 is 2.48 bits per heavy atom. The quantitative estimate of drug-likeness (QED) is 0.654. The van der Waals surface area contributed by atoms with Crippen molar-refractivity contribution in [2.24, 2.45) is 0 Å². The number of benzene rings is 1. The van der Waals surface area contributed by atoms with Crippen LogP contribution in [0.25, 0.3) is 0 Å². The van der Waals surface area contributed by atoms with E-state index in [1.165, 1.54) is 6.92 Å². The molecule has 1 unspecified atom stereocenters. The van der Waals surface area contributed by atoms with Gasteiger partial charge in [0.1, 0.15) is 0 Å². The van der Waals surface area contributed by atoms with Crippen molar-refractivity contribution < 1.29 is 14.4 Å². The number of Topliss-reactive ketones (excluding diaryl/α,β-unsaturated/α-hetero) is 2. The Kier molecular flexibility index (Phi) is 5.17. The number of carbonyl (C=O) groups is 3. The molecule has 0 bridgehead atoms. The van der Waals surface area contributed by atoms with Crippen LogP contribution >= 0.6 is 0 Å². The van der Waals surface area contributed by atoms with Gasteiger partial charge in [-0.05, 0) is 64.3 Å². The highest BCUT2D eigenvalue weighted by Crippen LogP contribution is 2.22. The van der Waals surface area contributed by atoms with E-state index in [1.807, 2.05) is 6.07 Å². The van der Waals surface area contributed by atoms with Crippen LogP contribution in [0.5, 0.6) is 0 Å². The molecule has 27 heavy (non-hydrogen) atoms. The lowest BCUT2D eigenvalue weighted by Gasteiger charge is -2.15. The minimum Gasteiger partial charge on any atom is -0.375 e. The van der Waals surface area contributed by atoms with Crippen LogP contribution in [-0.2, 0) is 0 Å². The second kappa shape index (κ2) is 7.39. The zero-order chi connectivity index (χ0) is 19.7. The molecule has 1 aromatic heterocycles. The standard InChI is InChI=1S/C21H25N3O3/c1-11-18(14(4)25)12(2)23-19(11)20(26)13(3)22-17-7-5-6-15(10-17)21(27)24-16-8-9-16/h5-7,10,13,16,22-23H,8-9H2,1-4H3,(H,24,27). The largest absolute Gasteiger partial charge is 0.375 e. The maximum atomic E-state index is 12.8. The van der Waals surface area contributed by atoms with Gasteiger partial charge in [0.05, 0.1) is 11.7 Å². The lowest BCUT2D eigenvalue weighted by molar-refractivity contribution is 0.0948. The molecule has 142 valence electrons. The summed E-state index contributed by atoms with van der Waals surface area (Å²) >= 11 is 0. The van der Waals surface area contributed by atoms with Crippen molar-refractivity contribution in [3.05, 3.63) is 52.3 Å². The minimum absolute atomic E-state index is 0.0599. The fourth-order valence-corrected chi connectivity index (χ4v) is 3.30. The maximum Gasteiger partial charge on any atom is 0.251 e. The number of nitrogens with one attached hydrogen (secondary N) is 3. The molecule has 3 rings (SSSR count). The number of amides is 1. The zero-order valence-electron chi connectivity index (χ0n) is 16.1. The topological polar surface area (TPSA) is 91.1 Å². The summed E-state index contributed by atoms with van der Waals surface area (Å²) in [5.41, 5.74) is 3.67. The number of anilines is 1. The van der Waals surface area contributed by atoms with E-state index < -0.39 is 6.04 Å². The van der Waals surface area contributed by atoms with E-state index in [-0.39, 0.29) is 17.5 Å². The van der Waals surface area contributed by atoms with Crippen molar-refractivity contribution >= 4 is 23.2 Å². The molecular formula is C21H25N3O3. The first kappa shape index (κ1) is 18.9. The summed E-state index contributed by atoms with van der Waals surface area (Å²) in [6.45, 7) is 6.84. The molecule has 1 aliphatic rings. The Bertz CT molecular complexity index is 909. The van der Waals surface area contributed by atoms with Gasteiger partial charge in [0.25, 0.3) is 5.91 Å². The third-order valence-electron chi connectivity index (χ3n) is 4.85. The molecule has 6 heteroatoms. The smallest absolute Gasteiger partial charge is 0.251 e. The second-order valence-corrected chi connectivity index (χ2v) is 7.24. The number of hydrogen-bond acceptors (Lipinski definition) is 4. The molecular weight excluding hydrogens is 342 g/mol. The number of hydrogen-bond donors (Lipinski definition) is 3. The van der Waals surface area contributed by atoms with Crippen molar-refractivity contribution in [1.82, 2.24) is 10.3 Å². The van der Waals surface area contributed by atoms with Crippen LogP contribution in [0.2, 0.25) is 0 Å². The van der Waals surface area contributed by atoms with Gasteiger partial charge in [0, 0.05) is 28.6 Å². The van der Waals surface area contributed by atoms with Gasteiger partial charge in [-0.1, -0.05) is 6.07 Å². The number of aromatic nitrogens is 1. The highest BCUT2D eigenvalue weighted by Gasteiger charge is 2.25. The zero-order valence-corrected chi connectivity index (χ0v) is 16.1. The first-order chi connectivity index (χ1) is 12.8. The van der Waals surface area contributed by atoms with Gasteiger partial charge >= 0.3 is 0 Å². The normalized spacial score (nSPS) is 14.5. The number of rotatable bonds is 7. The van der Waals surface area contributed by atoms with E-state index in [1.54, 1.807) is 39.0 Å². The van der Waals surface area contributed by atoms with E-state index in [0.29, 0.717) is 39.8 Å². The van der Waals surface area contributed by atoms with Crippen LogP contribution in [0.15, 0.2) is 24.3 Å². The Hall–Kier alpha value is -2.89. The molecule has 1 saturated carbocycles. The van der Waals surface area contributed by atoms with Gasteiger partial charge in [0.2, 0.25) is 5.78 Å². The van der Waals surface area contributed by atoms with Gasteiger partial charge in [-0.25, -0.2) is 0 Å². The first-order valence-corrected chi connectivity index (χ1v) is 9.19. The highest BCUT2D eigenvalue weighted by molar-refractivity contribution is 6.06. The molecule has 0 saturated heterocycles. The van der Waals surface area contributed by atoms with Crippen molar-refractivity contribution in [2.75, 3.05) is 5.32 Å². The van der Waals surface area contributed by atoms with Crippen LogP contribution in [0.4, 0.5) is 5.69 Å². The first-order valence-electron chi connectivity index (χ1n) is 9.19. The maximum absolute atomic E-state index is 12.8. The average molecular weight is 367 g/mol. The van der Waals surface area contributed by atoms with Gasteiger partial charge in [-0.15, -0.1) is 0 Å². The fraction of sp³-hybridized carbons (Fsp3) is 0.381. The van der Waals surface area contributed by atoms with Crippen molar-refractivity contribution in [1.29, 1.82) is 0 Å². The molecule has 0 spiro atoms. The Morgan fingerprint density at radius 2 is 1.89 bits per heavy atom. The highest BCUT2D eigenvalue weighted by atomic mass is 16.2. The fourth-order valence-electron chi connectivity index (χ4n) is 3.30.